The van der Waals surface area contributed by atoms with Crippen LogP contribution in [0.15, 0.2) is 47.3 Å². The fraction of sp³-hybridized carbons (Fsp3) is 0.154. The van der Waals surface area contributed by atoms with Crippen molar-refractivity contribution >= 4 is 17.3 Å². The number of amides is 1. The van der Waals surface area contributed by atoms with Crippen LogP contribution in [0.1, 0.15) is 17.3 Å². The summed E-state index contributed by atoms with van der Waals surface area (Å²) >= 11 is 0. The summed E-state index contributed by atoms with van der Waals surface area (Å²) in [5.74, 6) is -0.0778. The average molecular weight is 230 g/mol. The van der Waals surface area contributed by atoms with E-state index < -0.39 is 0 Å². The van der Waals surface area contributed by atoms with Crippen LogP contribution in [-0.2, 0) is 0 Å². The molecule has 0 unspecified atom stereocenters. The highest BCUT2D eigenvalue weighted by atomic mass is 16.3. The van der Waals surface area contributed by atoms with E-state index in [1.54, 1.807) is 23.1 Å². The number of anilines is 2. The van der Waals surface area contributed by atoms with Gasteiger partial charge in [-0.05, 0) is 37.3 Å². The molecule has 0 fully saturated rings. The largest absolute Gasteiger partial charge is 0.472 e. The van der Waals surface area contributed by atoms with Gasteiger partial charge in [0.2, 0.25) is 0 Å². The number of carbonyl (C=O) groups excluding carboxylic acids is 1. The molecule has 0 aliphatic carbocycles. The summed E-state index contributed by atoms with van der Waals surface area (Å²) in [6.45, 7) is 2.52. The average Bonchev–Trinajstić information content (AvgIpc) is 2.86. The van der Waals surface area contributed by atoms with Gasteiger partial charge in [0, 0.05) is 17.9 Å². The van der Waals surface area contributed by atoms with Crippen LogP contribution in [0, 0.1) is 0 Å². The Bertz CT molecular complexity index is 489. The molecule has 1 aromatic carbocycles. The van der Waals surface area contributed by atoms with Crippen molar-refractivity contribution < 1.29 is 9.21 Å². The molecule has 1 heterocycles. The second-order valence-electron chi connectivity index (χ2n) is 3.65. The molecular weight excluding hydrogens is 216 g/mol. The third-order valence-corrected chi connectivity index (χ3v) is 2.53. The van der Waals surface area contributed by atoms with E-state index in [1.165, 1.54) is 12.5 Å². The molecule has 1 aromatic heterocycles. The lowest BCUT2D eigenvalue weighted by molar-refractivity contribution is 0.0987. The predicted molar refractivity (Wildman–Crippen MR) is 66.9 cm³/mol. The molecule has 0 saturated heterocycles. The monoisotopic (exact) mass is 230 g/mol. The molecule has 0 radical (unpaired) electrons. The van der Waals surface area contributed by atoms with Gasteiger partial charge in [0.25, 0.3) is 5.91 Å². The lowest BCUT2D eigenvalue weighted by Gasteiger charge is -2.20. The molecule has 88 valence electrons. The minimum Gasteiger partial charge on any atom is -0.472 e. The van der Waals surface area contributed by atoms with Crippen LogP contribution in [0.4, 0.5) is 11.4 Å². The van der Waals surface area contributed by atoms with Crippen molar-refractivity contribution in [1.82, 2.24) is 0 Å². The van der Waals surface area contributed by atoms with E-state index in [1.807, 2.05) is 19.1 Å². The highest BCUT2D eigenvalue weighted by molar-refractivity contribution is 6.05. The van der Waals surface area contributed by atoms with Gasteiger partial charge in [0.1, 0.15) is 6.26 Å². The Balaban J connectivity index is 2.28. The normalized spacial score (nSPS) is 10.2. The van der Waals surface area contributed by atoms with Gasteiger partial charge in [-0.15, -0.1) is 0 Å². The van der Waals surface area contributed by atoms with Crippen molar-refractivity contribution in [2.75, 3.05) is 17.2 Å². The smallest absolute Gasteiger partial charge is 0.261 e. The molecule has 0 aliphatic rings. The van der Waals surface area contributed by atoms with Crippen molar-refractivity contribution in [2.24, 2.45) is 0 Å². The quantitative estimate of drug-likeness (QED) is 0.824. The molecule has 4 nitrogen and oxygen atoms in total. The van der Waals surface area contributed by atoms with Gasteiger partial charge in [-0.1, -0.05) is 0 Å². The van der Waals surface area contributed by atoms with Gasteiger partial charge < -0.3 is 15.1 Å². The summed E-state index contributed by atoms with van der Waals surface area (Å²) in [7, 11) is 0. The van der Waals surface area contributed by atoms with E-state index in [2.05, 4.69) is 0 Å². The summed E-state index contributed by atoms with van der Waals surface area (Å²) < 4.78 is 4.92. The van der Waals surface area contributed by atoms with E-state index in [4.69, 9.17) is 10.2 Å². The molecule has 0 saturated carbocycles. The topological polar surface area (TPSA) is 59.5 Å². The third kappa shape index (κ3) is 2.30. The number of nitrogens with two attached hydrogens (primary N) is 1. The van der Waals surface area contributed by atoms with Gasteiger partial charge in [-0.2, -0.15) is 0 Å². The molecule has 2 rings (SSSR count). The van der Waals surface area contributed by atoms with Gasteiger partial charge in [0.15, 0.2) is 0 Å². The number of hydrogen-bond donors (Lipinski definition) is 1. The first-order valence-electron chi connectivity index (χ1n) is 5.42. The van der Waals surface area contributed by atoms with E-state index in [9.17, 15) is 4.79 Å². The zero-order valence-electron chi connectivity index (χ0n) is 9.59. The predicted octanol–water partition coefficient (Wildman–Crippen LogP) is 2.53. The fourth-order valence-corrected chi connectivity index (χ4v) is 1.64. The lowest BCUT2D eigenvalue weighted by atomic mass is 10.2. The summed E-state index contributed by atoms with van der Waals surface area (Å²) in [4.78, 5) is 13.8. The number of furan rings is 1. The maximum absolute atomic E-state index is 12.2. The summed E-state index contributed by atoms with van der Waals surface area (Å²) in [5, 5.41) is 0. The lowest BCUT2D eigenvalue weighted by Crippen LogP contribution is -2.30. The Morgan fingerprint density at radius 1 is 1.29 bits per heavy atom. The highest BCUT2D eigenvalue weighted by Gasteiger charge is 2.16. The number of hydrogen-bond acceptors (Lipinski definition) is 3. The zero-order valence-corrected chi connectivity index (χ0v) is 9.59. The second kappa shape index (κ2) is 4.74. The van der Waals surface area contributed by atoms with Crippen LogP contribution in [-0.4, -0.2) is 12.5 Å². The van der Waals surface area contributed by atoms with Gasteiger partial charge in [-0.25, -0.2) is 0 Å². The number of nitrogens with zero attached hydrogens (tertiary/aromatic N) is 1. The Morgan fingerprint density at radius 3 is 2.53 bits per heavy atom. The Hall–Kier alpha value is -2.23. The minimum atomic E-state index is -0.0778. The van der Waals surface area contributed by atoms with E-state index >= 15 is 0 Å². The number of benzene rings is 1. The SMILES string of the molecule is CCN(C(=O)c1ccoc1)c1ccc(N)cc1. The maximum Gasteiger partial charge on any atom is 0.261 e. The second-order valence-corrected chi connectivity index (χ2v) is 3.65. The first-order valence-corrected chi connectivity index (χ1v) is 5.42. The van der Waals surface area contributed by atoms with Crippen LogP contribution >= 0.6 is 0 Å². The van der Waals surface area contributed by atoms with Crippen LogP contribution < -0.4 is 10.6 Å². The standard InChI is InChI=1S/C13H14N2O2/c1-2-15(12-5-3-11(14)4-6-12)13(16)10-7-8-17-9-10/h3-9H,2,14H2,1H3. The van der Waals surface area contributed by atoms with Gasteiger partial charge in [0.05, 0.1) is 11.8 Å². The van der Waals surface area contributed by atoms with Crippen LogP contribution in [0.25, 0.3) is 0 Å². The van der Waals surface area contributed by atoms with Crippen molar-refractivity contribution in [1.29, 1.82) is 0 Å². The molecule has 2 N–H and O–H groups in total. The molecule has 17 heavy (non-hydrogen) atoms. The molecule has 0 bridgehead atoms. The summed E-state index contributed by atoms with van der Waals surface area (Å²) in [6.07, 6.45) is 2.94. The van der Waals surface area contributed by atoms with Crippen molar-refractivity contribution in [3.63, 3.8) is 0 Å². The highest BCUT2D eigenvalue weighted by Crippen LogP contribution is 2.18. The molecule has 0 spiro atoms. The zero-order chi connectivity index (χ0) is 12.3. The molecule has 0 aliphatic heterocycles. The Morgan fingerprint density at radius 2 is 2.00 bits per heavy atom. The Labute approximate surface area is 99.6 Å². The fourth-order valence-electron chi connectivity index (χ4n) is 1.64. The number of nitrogen functional groups attached to an aromatic ring is 1. The number of rotatable bonds is 3. The van der Waals surface area contributed by atoms with E-state index in [0.717, 1.165) is 5.69 Å². The van der Waals surface area contributed by atoms with Gasteiger partial charge >= 0.3 is 0 Å². The van der Waals surface area contributed by atoms with Crippen LogP contribution in [0.2, 0.25) is 0 Å². The first kappa shape index (κ1) is 11.3. The molecule has 2 aromatic rings. The van der Waals surface area contributed by atoms with Crippen LogP contribution in [0.5, 0.6) is 0 Å². The first-order chi connectivity index (χ1) is 8.22. The summed E-state index contributed by atoms with van der Waals surface area (Å²) in [5.41, 5.74) is 7.67. The summed E-state index contributed by atoms with van der Waals surface area (Å²) in [6, 6.07) is 8.87. The molecule has 1 amide bonds. The number of carbonyl (C=O) groups is 1. The minimum absolute atomic E-state index is 0.0778. The molecule has 4 heteroatoms. The van der Waals surface area contributed by atoms with Crippen molar-refractivity contribution in [3.05, 3.63) is 48.4 Å². The van der Waals surface area contributed by atoms with E-state index in [-0.39, 0.29) is 5.91 Å². The van der Waals surface area contributed by atoms with Crippen molar-refractivity contribution in [2.45, 2.75) is 6.92 Å². The van der Waals surface area contributed by atoms with E-state index in [0.29, 0.717) is 17.8 Å². The molecule has 0 atom stereocenters. The Kier molecular flexibility index (Phi) is 3.14. The third-order valence-electron chi connectivity index (χ3n) is 2.53. The maximum atomic E-state index is 12.2. The van der Waals surface area contributed by atoms with Gasteiger partial charge in [-0.3, -0.25) is 4.79 Å². The van der Waals surface area contributed by atoms with Crippen LogP contribution in [0.3, 0.4) is 0 Å². The molecular formula is C13H14N2O2. The van der Waals surface area contributed by atoms with Crippen molar-refractivity contribution in [3.8, 4) is 0 Å².